The highest BCUT2D eigenvalue weighted by molar-refractivity contribution is 5.92. The Morgan fingerprint density at radius 3 is 2.70 bits per heavy atom. The second-order valence-corrected chi connectivity index (χ2v) is 5.17. The van der Waals surface area contributed by atoms with Crippen LogP contribution in [0.2, 0.25) is 0 Å². The Labute approximate surface area is 118 Å². The lowest BCUT2D eigenvalue weighted by Crippen LogP contribution is -2.35. The molecule has 1 N–H and O–H groups in total. The Morgan fingerprint density at radius 1 is 1.35 bits per heavy atom. The van der Waals surface area contributed by atoms with Gasteiger partial charge in [0.1, 0.15) is 0 Å². The SMILES string of the molecule is Cc1ccc(C=CC(=O)N2CCCC2CC(=O)O)cc1. The van der Waals surface area contributed by atoms with Crippen LogP contribution < -0.4 is 0 Å². The van der Waals surface area contributed by atoms with Crippen molar-refractivity contribution in [2.24, 2.45) is 0 Å². The largest absolute Gasteiger partial charge is 0.481 e. The molecule has 106 valence electrons. The number of carbonyl (C=O) groups excluding carboxylic acids is 1. The number of hydrogen-bond donors (Lipinski definition) is 1. The fourth-order valence-corrected chi connectivity index (χ4v) is 2.48. The molecule has 0 aromatic heterocycles. The Kier molecular flexibility index (Phi) is 4.56. The topological polar surface area (TPSA) is 57.6 Å². The van der Waals surface area contributed by atoms with Gasteiger partial charge in [-0.25, -0.2) is 0 Å². The van der Waals surface area contributed by atoms with Gasteiger partial charge in [-0.05, 0) is 31.4 Å². The van der Waals surface area contributed by atoms with E-state index in [0.717, 1.165) is 18.4 Å². The lowest BCUT2D eigenvalue weighted by Gasteiger charge is -2.21. The standard InChI is InChI=1S/C16H19NO3/c1-12-4-6-13(7-5-12)8-9-15(18)17-10-2-3-14(17)11-16(19)20/h4-9,14H,2-3,10-11H2,1H3,(H,19,20). The molecule has 20 heavy (non-hydrogen) atoms. The average molecular weight is 273 g/mol. The summed E-state index contributed by atoms with van der Waals surface area (Å²) >= 11 is 0. The molecule has 1 fully saturated rings. The molecule has 1 aromatic rings. The number of hydrogen-bond acceptors (Lipinski definition) is 2. The highest BCUT2D eigenvalue weighted by Crippen LogP contribution is 2.20. The number of carboxylic acid groups (broad SMARTS) is 1. The number of likely N-dealkylation sites (tertiary alicyclic amines) is 1. The van der Waals surface area contributed by atoms with E-state index in [1.165, 1.54) is 11.6 Å². The second kappa shape index (κ2) is 6.37. The number of carboxylic acids is 1. The van der Waals surface area contributed by atoms with E-state index in [0.29, 0.717) is 6.54 Å². The Morgan fingerprint density at radius 2 is 2.05 bits per heavy atom. The first-order valence-corrected chi connectivity index (χ1v) is 6.83. The van der Waals surface area contributed by atoms with Crippen molar-refractivity contribution >= 4 is 18.0 Å². The van der Waals surface area contributed by atoms with Gasteiger partial charge in [-0.3, -0.25) is 9.59 Å². The number of benzene rings is 1. The molecule has 1 heterocycles. The highest BCUT2D eigenvalue weighted by atomic mass is 16.4. The van der Waals surface area contributed by atoms with Crippen LogP contribution in [0.25, 0.3) is 6.08 Å². The molecule has 0 spiro atoms. The molecule has 0 saturated carbocycles. The first-order chi connectivity index (χ1) is 9.56. The highest BCUT2D eigenvalue weighted by Gasteiger charge is 2.28. The molecule has 1 amide bonds. The van der Waals surface area contributed by atoms with Crippen molar-refractivity contribution in [2.75, 3.05) is 6.54 Å². The first-order valence-electron chi connectivity index (χ1n) is 6.83. The quantitative estimate of drug-likeness (QED) is 0.857. The van der Waals surface area contributed by atoms with Gasteiger partial charge in [-0.2, -0.15) is 0 Å². The van der Waals surface area contributed by atoms with Gasteiger partial charge in [-0.1, -0.05) is 29.8 Å². The van der Waals surface area contributed by atoms with Gasteiger partial charge in [0.05, 0.1) is 6.42 Å². The van der Waals surface area contributed by atoms with Crippen molar-refractivity contribution < 1.29 is 14.7 Å². The van der Waals surface area contributed by atoms with Gasteiger partial charge in [0.15, 0.2) is 0 Å². The third kappa shape index (κ3) is 3.70. The average Bonchev–Trinajstić information content (AvgIpc) is 2.85. The van der Waals surface area contributed by atoms with Gasteiger partial charge >= 0.3 is 5.97 Å². The number of aliphatic carboxylic acids is 1. The Balaban J connectivity index is 2.00. The van der Waals surface area contributed by atoms with Gasteiger partial charge in [0, 0.05) is 18.7 Å². The second-order valence-electron chi connectivity index (χ2n) is 5.17. The molecule has 0 bridgehead atoms. The molecule has 1 atom stereocenters. The Hall–Kier alpha value is -2.10. The molecule has 0 radical (unpaired) electrons. The van der Waals surface area contributed by atoms with Crippen molar-refractivity contribution in [3.63, 3.8) is 0 Å². The predicted octanol–water partition coefficient (Wildman–Crippen LogP) is 2.47. The summed E-state index contributed by atoms with van der Waals surface area (Å²) in [6, 6.07) is 7.73. The van der Waals surface area contributed by atoms with Gasteiger partial charge in [0.25, 0.3) is 0 Å². The molecular weight excluding hydrogens is 254 g/mol. The van der Waals surface area contributed by atoms with Crippen LogP contribution in [-0.2, 0) is 9.59 Å². The summed E-state index contributed by atoms with van der Waals surface area (Å²) in [6.45, 7) is 2.66. The summed E-state index contributed by atoms with van der Waals surface area (Å²) in [5.74, 6) is -0.952. The molecule has 1 aliphatic rings. The summed E-state index contributed by atoms with van der Waals surface area (Å²) in [5.41, 5.74) is 2.15. The van der Waals surface area contributed by atoms with Gasteiger partial charge in [0.2, 0.25) is 5.91 Å². The van der Waals surface area contributed by atoms with E-state index in [1.807, 2.05) is 31.2 Å². The van der Waals surface area contributed by atoms with Crippen molar-refractivity contribution in [2.45, 2.75) is 32.2 Å². The van der Waals surface area contributed by atoms with E-state index in [1.54, 1.807) is 11.0 Å². The van der Waals surface area contributed by atoms with Crippen LogP contribution in [-0.4, -0.2) is 34.5 Å². The van der Waals surface area contributed by atoms with Crippen molar-refractivity contribution in [1.29, 1.82) is 0 Å². The molecule has 0 aliphatic carbocycles. The smallest absolute Gasteiger partial charge is 0.305 e. The van der Waals surface area contributed by atoms with Crippen LogP contribution in [0.1, 0.15) is 30.4 Å². The van der Waals surface area contributed by atoms with Crippen LogP contribution in [0.3, 0.4) is 0 Å². The molecule has 1 aromatic carbocycles. The monoisotopic (exact) mass is 273 g/mol. The fourth-order valence-electron chi connectivity index (χ4n) is 2.48. The summed E-state index contributed by atoms with van der Waals surface area (Å²) in [5, 5.41) is 8.85. The number of nitrogens with zero attached hydrogens (tertiary/aromatic N) is 1. The van der Waals surface area contributed by atoms with E-state index in [9.17, 15) is 9.59 Å². The maximum absolute atomic E-state index is 12.1. The maximum Gasteiger partial charge on any atom is 0.305 e. The van der Waals surface area contributed by atoms with Crippen LogP contribution >= 0.6 is 0 Å². The minimum atomic E-state index is -0.850. The van der Waals surface area contributed by atoms with Crippen molar-refractivity contribution in [1.82, 2.24) is 4.90 Å². The Bertz CT molecular complexity index is 519. The van der Waals surface area contributed by atoms with Gasteiger partial charge < -0.3 is 10.0 Å². The zero-order chi connectivity index (χ0) is 14.5. The fraction of sp³-hybridized carbons (Fsp3) is 0.375. The predicted molar refractivity (Wildman–Crippen MR) is 77.2 cm³/mol. The third-order valence-electron chi connectivity index (χ3n) is 3.57. The molecule has 1 unspecified atom stereocenters. The molecule has 1 aliphatic heterocycles. The van der Waals surface area contributed by atoms with Gasteiger partial charge in [-0.15, -0.1) is 0 Å². The molecule has 2 rings (SSSR count). The summed E-state index contributed by atoms with van der Waals surface area (Å²) in [4.78, 5) is 24.6. The summed E-state index contributed by atoms with van der Waals surface area (Å²) in [7, 11) is 0. The molecular formula is C16H19NO3. The zero-order valence-electron chi connectivity index (χ0n) is 11.6. The van der Waals surface area contributed by atoms with Crippen LogP contribution in [0.15, 0.2) is 30.3 Å². The summed E-state index contributed by atoms with van der Waals surface area (Å²) in [6.07, 6.45) is 4.99. The molecule has 1 saturated heterocycles. The maximum atomic E-state index is 12.1. The third-order valence-corrected chi connectivity index (χ3v) is 3.57. The van der Waals surface area contributed by atoms with E-state index in [4.69, 9.17) is 5.11 Å². The van der Waals surface area contributed by atoms with Crippen LogP contribution in [0, 0.1) is 6.92 Å². The summed E-state index contributed by atoms with van der Waals surface area (Å²) < 4.78 is 0. The number of amides is 1. The normalized spacial score (nSPS) is 18.6. The van der Waals surface area contributed by atoms with E-state index in [2.05, 4.69) is 0 Å². The lowest BCUT2D eigenvalue weighted by atomic mass is 10.1. The molecule has 4 heteroatoms. The van der Waals surface area contributed by atoms with Crippen LogP contribution in [0.5, 0.6) is 0 Å². The molecule has 4 nitrogen and oxygen atoms in total. The number of carbonyl (C=O) groups is 2. The lowest BCUT2D eigenvalue weighted by molar-refractivity contribution is -0.139. The van der Waals surface area contributed by atoms with Crippen molar-refractivity contribution in [3.05, 3.63) is 41.5 Å². The number of rotatable bonds is 4. The van der Waals surface area contributed by atoms with E-state index < -0.39 is 5.97 Å². The first kappa shape index (κ1) is 14.3. The van der Waals surface area contributed by atoms with Crippen molar-refractivity contribution in [3.8, 4) is 0 Å². The minimum Gasteiger partial charge on any atom is -0.481 e. The zero-order valence-corrected chi connectivity index (χ0v) is 11.6. The van der Waals surface area contributed by atoms with E-state index >= 15 is 0 Å². The minimum absolute atomic E-state index is 0.0319. The van der Waals surface area contributed by atoms with Crippen LogP contribution in [0.4, 0.5) is 0 Å². The number of aryl methyl sites for hydroxylation is 1. The van der Waals surface area contributed by atoms with E-state index in [-0.39, 0.29) is 18.4 Å².